The Morgan fingerprint density at radius 1 is 1.16 bits per heavy atom. The van der Waals surface area contributed by atoms with Crippen LogP contribution in [0, 0.1) is 5.92 Å². The Morgan fingerprint density at radius 3 is 2.47 bits per heavy atom. The number of nitrogens with one attached hydrogen (secondary N) is 2. The fraction of sp³-hybridized carbons (Fsp3) is 0.357. The van der Waals surface area contributed by atoms with Gasteiger partial charge in [0.25, 0.3) is 15.9 Å². The Hall–Kier alpha value is -3.66. The molecule has 0 aliphatic carbocycles. The lowest BCUT2D eigenvalue weighted by molar-refractivity contribution is -0.137. The van der Waals surface area contributed by atoms with Gasteiger partial charge in [-0.1, -0.05) is 19.1 Å². The zero-order chi connectivity index (χ0) is 31.5. The average molecular weight is 641 g/mol. The molecule has 0 unspecified atom stereocenters. The molecule has 10 nitrogen and oxygen atoms in total. The normalized spacial score (nSPS) is 18.3. The highest BCUT2D eigenvalue weighted by molar-refractivity contribution is 7.91. The van der Waals surface area contributed by atoms with Crippen molar-refractivity contribution in [3.8, 4) is 5.75 Å². The molecule has 1 aliphatic rings. The third-order valence-corrected chi connectivity index (χ3v) is 10.2. The number of amides is 3. The molecule has 1 aliphatic heterocycles. The molecule has 0 radical (unpaired) electrons. The van der Waals surface area contributed by atoms with Gasteiger partial charge in [-0.25, -0.2) is 13.2 Å². The second-order valence-electron chi connectivity index (χ2n) is 10.2. The van der Waals surface area contributed by atoms with E-state index >= 15 is 0 Å². The first-order chi connectivity index (χ1) is 20.2. The molecule has 43 heavy (non-hydrogen) atoms. The number of nitrogens with zero attached hydrogens (tertiary/aromatic N) is 2. The highest BCUT2D eigenvalue weighted by Gasteiger charge is 2.36. The third kappa shape index (κ3) is 7.29. The van der Waals surface area contributed by atoms with E-state index in [1.165, 1.54) is 36.2 Å². The zero-order valence-electron chi connectivity index (χ0n) is 23.5. The fourth-order valence-corrected chi connectivity index (χ4v) is 6.89. The van der Waals surface area contributed by atoms with Crippen LogP contribution in [0.15, 0.2) is 64.2 Å². The number of sulfonamides is 1. The average Bonchev–Trinajstić information content (AvgIpc) is 3.51. The van der Waals surface area contributed by atoms with Crippen molar-refractivity contribution >= 4 is 44.7 Å². The van der Waals surface area contributed by atoms with Gasteiger partial charge < -0.3 is 25.4 Å². The maximum absolute atomic E-state index is 13.6. The minimum atomic E-state index is -4.53. The molecule has 3 aromatic rings. The van der Waals surface area contributed by atoms with Crippen molar-refractivity contribution in [3.05, 3.63) is 71.1 Å². The number of aliphatic hydroxyl groups is 1. The summed E-state index contributed by atoms with van der Waals surface area (Å²) in [7, 11) is -2.41. The van der Waals surface area contributed by atoms with E-state index < -0.39 is 51.8 Å². The van der Waals surface area contributed by atoms with Crippen LogP contribution in [0.5, 0.6) is 5.75 Å². The summed E-state index contributed by atoms with van der Waals surface area (Å²) in [6.07, 6.45) is -5.32. The molecule has 2 heterocycles. The van der Waals surface area contributed by atoms with Crippen LogP contribution in [0.2, 0.25) is 0 Å². The van der Waals surface area contributed by atoms with E-state index in [-0.39, 0.29) is 46.6 Å². The van der Waals surface area contributed by atoms with Gasteiger partial charge in [-0.2, -0.15) is 17.5 Å². The SMILES string of the molecule is C[C@@H]1CN([C@@H](C)CO)C(=O)c2cccc(NC(=O)Nc3ccc(C(F)(F)F)cc3)c2O[C@H]1CN(C)S(=O)(=O)c1cccs1. The summed E-state index contributed by atoms with van der Waals surface area (Å²) in [5, 5.41) is 16.5. The lowest BCUT2D eigenvalue weighted by Crippen LogP contribution is -2.50. The van der Waals surface area contributed by atoms with E-state index in [0.717, 1.165) is 39.9 Å². The minimum Gasteiger partial charge on any atom is -0.486 e. The van der Waals surface area contributed by atoms with Gasteiger partial charge >= 0.3 is 12.2 Å². The predicted molar refractivity (Wildman–Crippen MR) is 156 cm³/mol. The van der Waals surface area contributed by atoms with Crippen LogP contribution < -0.4 is 15.4 Å². The van der Waals surface area contributed by atoms with Crippen molar-refractivity contribution in [3.63, 3.8) is 0 Å². The van der Waals surface area contributed by atoms with Crippen molar-refractivity contribution in [2.75, 3.05) is 37.4 Å². The number of halogens is 3. The maximum atomic E-state index is 13.6. The van der Waals surface area contributed by atoms with E-state index in [1.54, 1.807) is 25.3 Å². The highest BCUT2D eigenvalue weighted by atomic mass is 32.2. The van der Waals surface area contributed by atoms with Gasteiger partial charge in [0.2, 0.25) is 0 Å². The molecular formula is C28H31F3N4O6S2. The number of carbonyl (C=O) groups is 2. The Morgan fingerprint density at radius 2 is 1.86 bits per heavy atom. The number of para-hydroxylation sites is 1. The van der Waals surface area contributed by atoms with E-state index in [9.17, 15) is 36.3 Å². The Labute approximate surface area is 251 Å². The largest absolute Gasteiger partial charge is 0.486 e. The third-order valence-electron chi connectivity index (χ3n) is 7.01. The molecule has 0 saturated heterocycles. The number of benzene rings is 2. The quantitative estimate of drug-likeness (QED) is 0.320. The molecule has 1 aromatic heterocycles. The second kappa shape index (κ2) is 12.9. The summed E-state index contributed by atoms with van der Waals surface area (Å²) in [4.78, 5) is 28.0. The predicted octanol–water partition coefficient (Wildman–Crippen LogP) is 4.95. The van der Waals surface area contributed by atoms with Crippen LogP contribution in [0.1, 0.15) is 29.8 Å². The lowest BCUT2D eigenvalue weighted by atomic mass is 9.99. The summed E-state index contributed by atoms with van der Waals surface area (Å²) in [5.74, 6) is -0.891. The molecule has 15 heteroatoms. The lowest BCUT2D eigenvalue weighted by Gasteiger charge is -2.38. The fourth-order valence-electron chi connectivity index (χ4n) is 4.50. The van der Waals surface area contributed by atoms with Gasteiger partial charge in [0.05, 0.1) is 36.0 Å². The maximum Gasteiger partial charge on any atom is 0.416 e. The van der Waals surface area contributed by atoms with Crippen molar-refractivity contribution in [2.45, 2.75) is 36.4 Å². The number of urea groups is 1. The summed E-state index contributed by atoms with van der Waals surface area (Å²) in [6, 6.07) is 10.1. The molecule has 0 bridgehead atoms. The summed E-state index contributed by atoms with van der Waals surface area (Å²) < 4.78 is 72.7. The number of aliphatic hydroxyl groups excluding tert-OH is 1. The molecule has 0 fully saturated rings. The molecule has 3 atom stereocenters. The first kappa shape index (κ1) is 32.3. The van der Waals surface area contributed by atoms with Gasteiger partial charge in [0.1, 0.15) is 10.3 Å². The molecule has 0 spiro atoms. The number of hydrogen-bond acceptors (Lipinski definition) is 7. The topological polar surface area (TPSA) is 128 Å². The molecule has 4 rings (SSSR count). The number of fused-ring (bicyclic) bond motifs is 1. The van der Waals surface area contributed by atoms with Gasteiger partial charge in [0.15, 0.2) is 5.75 Å². The van der Waals surface area contributed by atoms with E-state index in [0.29, 0.717) is 0 Å². The Kier molecular flexibility index (Phi) is 9.69. The zero-order valence-corrected chi connectivity index (χ0v) is 25.1. The van der Waals surface area contributed by atoms with Gasteiger partial charge in [-0.3, -0.25) is 4.79 Å². The molecule has 0 saturated carbocycles. The van der Waals surface area contributed by atoms with E-state index in [2.05, 4.69) is 10.6 Å². The van der Waals surface area contributed by atoms with Crippen molar-refractivity contribution in [2.24, 2.45) is 5.92 Å². The summed E-state index contributed by atoms with van der Waals surface area (Å²) >= 11 is 1.08. The van der Waals surface area contributed by atoms with Crippen LogP contribution in [-0.4, -0.2) is 73.6 Å². The summed E-state index contributed by atoms with van der Waals surface area (Å²) in [5.41, 5.74) is -0.623. The van der Waals surface area contributed by atoms with Crippen LogP contribution >= 0.6 is 11.3 Å². The van der Waals surface area contributed by atoms with Crippen molar-refractivity contribution in [1.82, 2.24) is 9.21 Å². The molecule has 232 valence electrons. The molecular weight excluding hydrogens is 609 g/mol. The molecule has 3 N–H and O–H groups in total. The van der Waals surface area contributed by atoms with Crippen molar-refractivity contribution < 1.29 is 41.0 Å². The number of likely N-dealkylation sites (N-methyl/N-ethyl adjacent to an activating group) is 1. The van der Waals surface area contributed by atoms with Gasteiger partial charge in [-0.05, 0) is 54.8 Å². The van der Waals surface area contributed by atoms with Crippen LogP contribution in [-0.2, 0) is 16.2 Å². The number of hydrogen-bond donors (Lipinski definition) is 3. The first-order valence-corrected chi connectivity index (χ1v) is 15.5. The Balaban J connectivity index is 1.65. The standard InChI is InChI=1S/C28H31F3N4O6S2/c1-17-14-35(18(2)16-36)26(37)21-6-4-7-22(33-27(38)32-20-11-9-19(10-12-20)28(29,30)31)25(21)41-23(17)15-34(3)43(39,40)24-8-5-13-42-24/h4-13,17-18,23,36H,14-16H2,1-3H3,(H2,32,33,38)/t17-,18+,23+/m1/s1. The van der Waals surface area contributed by atoms with E-state index in [1.807, 2.05) is 0 Å². The molecule has 3 amide bonds. The number of carbonyl (C=O) groups excluding carboxylic acids is 2. The van der Waals surface area contributed by atoms with Gasteiger partial charge in [0, 0.05) is 25.2 Å². The number of rotatable bonds is 8. The highest BCUT2D eigenvalue weighted by Crippen LogP contribution is 2.36. The van der Waals surface area contributed by atoms with Crippen molar-refractivity contribution in [1.29, 1.82) is 0 Å². The van der Waals surface area contributed by atoms with Crippen LogP contribution in [0.3, 0.4) is 0 Å². The second-order valence-corrected chi connectivity index (χ2v) is 13.4. The number of thiophene rings is 1. The minimum absolute atomic E-state index is 0.0105. The van der Waals surface area contributed by atoms with E-state index in [4.69, 9.17) is 4.74 Å². The number of ether oxygens (including phenoxy) is 1. The molecule has 2 aromatic carbocycles. The summed E-state index contributed by atoms with van der Waals surface area (Å²) in [6.45, 7) is 3.21. The van der Waals surface area contributed by atoms with Crippen LogP contribution in [0.4, 0.5) is 29.3 Å². The van der Waals surface area contributed by atoms with Crippen LogP contribution in [0.25, 0.3) is 0 Å². The Bertz CT molecular complexity index is 1550. The smallest absolute Gasteiger partial charge is 0.416 e. The number of alkyl halides is 3. The van der Waals surface area contributed by atoms with Gasteiger partial charge in [-0.15, -0.1) is 11.3 Å². The number of anilines is 2. The first-order valence-electron chi connectivity index (χ1n) is 13.2. The monoisotopic (exact) mass is 640 g/mol.